The van der Waals surface area contributed by atoms with Crippen molar-refractivity contribution in [3.63, 3.8) is 0 Å². The number of nitrogen functional groups attached to an aromatic ring is 1. The molecule has 0 spiro atoms. The zero-order valence-corrected chi connectivity index (χ0v) is 16.3. The molecule has 7 nitrogen and oxygen atoms in total. The number of aromatic nitrogens is 4. The smallest absolute Gasteiger partial charge is 0.243 e. The van der Waals surface area contributed by atoms with Crippen molar-refractivity contribution in [2.24, 2.45) is 0 Å². The topological polar surface area (TPSA) is 98.7 Å². The second kappa shape index (κ2) is 7.03. The molecule has 1 aromatic carbocycles. The van der Waals surface area contributed by atoms with Crippen LogP contribution < -0.4 is 11.1 Å². The molecule has 3 rings (SSSR count). The van der Waals surface area contributed by atoms with Crippen LogP contribution in [0.4, 0.5) is 5.13 Å². The van der Waals surface area contributed by atoms with E-state index in [1.165, 1.54) is 11.3 Å². The molecule has 138 valence electrons. The molecule has 2 aromatic heterocycles. The number of para-hydroxylation sites is 2. The largest absolute Gasteiger partial charge is 0.374 e. The highest BCUT2D eigenvalue weighted by atomic mass is 32.1. The molecule has 0 aliphatic heterocycles. The molecule has 0 bridgehead atoms. The van der Waals surface area contributed by atoms with Gasteiger partial charge in [-0.3, -0.25) is 4.79 Å². The lowest BCUT2D eigenvalue weighted by atomic mass is 10.1. The number of amides is 1. The molecule has 0 aliphatic carbocycles. The number of hydrogen-bond donors (Lipinski definition) is 2. The first kappa shape index (κ1) is 18.3. The predicted octanol–water partition coefficient (Wildman–Crippen LogP) is 3.04. The van der Waals surface area contributed by atoms with Gasteiger partial charge in [-0.05, 0) is 32.4 Å². The Hall–Kier alpha value is -2.48. The number of aryl methyl sites for hydroxylation is 1. The van der Waals surface area contributed by atoms with Gasteiger partial charge in [0, 0.05) is 6.42 Å². The minimum absolute atomic E-state index is 0.0656. The van der Waals surface area contributed by atoms with E-state index >= 15 is 0 Å². The summed E-state index contributed by atoms with van der Waals surface area (Å²) in [6.07, 6.45) is 1.42. The van der Waals surface area contributed by atoms with Crippen LogP contribution in [0, 0.1) is 0 Å². The summed E-state index contributed by atoms with van der Waals surface area (Å²) in [5, 5.41) is 12.1. The maximum absolute atomic E-state index is 13.1. The quantitative estimate of drug-likeness (QED) is 0.693. The molecule has 8 heteroatoms. The number of hydrogen-bond acceptors (Lipinski definition) is 6. The number of imidazole rings is 1. The van der Waals surface area contributed by atoms with Crippen molar-refractivity contribution in [3.8, 4) is 0 Å². The molecule has 0 aliphatic rings. The van der Waals surface area contributed by atoms with Crippen LogP contribution in [0.2, 0.25) is 0 Å². The minimum Gasteiger partial charge on any atom is -0.374 e. The van der Waals surface area contributed by atoms with E-state index in [2.05, 4.69) is 32.0 Å². The van der Waals surface area contributed by atoms with Crippen molar-refractivity contribution in [3.05, 3.63) is 35.1 Å². The molecule has 0 saturated heterocycles. The standard InChI is InChI=1S/C18H24N6OS/c1-5-12(15(25)21-18(3,4)16-22-23-17(19)26-16)24-13-10-8-7-9-11(13)20-14(24)6-2/h7-10,12H,5-6H2,1-4H3,(H2,19,23)(H,21,25). The average molecular weight is 372 g/mol. The van der Waals surface area contributed by atoms with E-state index in [1.807, 2.05) is 45.0 Å². The molecule has 0 radical (unpaired) electrons. The van der Waals surface area contributed by atoms with Gasteiger partial charge >= 0.3 is 0 Å². The van der Waals surface area contributed by atoms with Crippen molar-refractivity contribution in [1.82, 2.24) is 25.1 Å². The first-order chi connectivity index (χ1) is 12.4. The van der Waals surface area contributed by atoms with E-state index in [4.69, 9.17) is 5.73 Å². The van der Waals surface area contributed by atoms with Gasteiger partial charge in [0.15, 0.2) is 0 Å². The number of carbonyl (C=O) groups is 1. The molecule has 3 N–H and O–H groups in total. The zero-order valence-electron chi connectivity index (χ0n) is 15.5. The highest BCUT2D eigenvalue weighted by molar-refractivity contribution is 7.15. The van der Waals surface area contributed by atoms with Crippen LogP contribution in [0.25, 0.3) is 11.0 Å². The number of anilines is 1. The van der Waals surface area contributed by atoms with E-state index in [0.29, 0.717) is 16.6 Å². The van der Waals surface area contributed by atoms with Gasteiger partial charge in [-0.25, -0.2) is 4.98 Å². The molecule has 3 aromatic rings. The van der Waals surface area contributed by atoms with Crippen molar-refractivity contribution in [2.45, 2.75) is 52.1 Å². The summed E-state index contributed by atoms with van der Waals surface area (Å²) in [6, 6.07) is 7.57. The van der Waals surface area contributed by atoms with Gasteiger partial charge in [-0.1, -0.05) is 37.3 Å². The molecular weight excluding hydrogens is 348 g/mol. The Kier molecular flexibility index (Phi) is 4.95. The van der Waals surface area contributed by atoms with Crippen molar-refractivity contribution < 1.29 is 4.79 Å². The number of benzene rings is 1. The molecule has 0 saturated carbocycles. The summed E-state index contributed by atoms with van der Waals surface area (Å²) in [5.74, 6) is 0.843. The molecule has 1 atom stereocenters. The Morgan fingerprint density at radius 1 is 1.31 bits per heavy atom. The van der Waals surface area contributed by atoms with Gasteiger partial charge in [0.05, 0.1) is 16.6 Å². The van der Waals surface area contributed by atoms with Crippen LogP contribution in [0.3, 0.4) is 0 Å². The van der Waals surface area contributed by atoms with E-state index in [0.717, 1.165) is 23.3 Å². The Morgan fingerprint density at radius 3 is 2.65 bits per heavy atom. The number of rotatable bonds is 6. The van der Waals surface area contributed by atoms with E-state index in [-0.39, 0.29) is 11.9 Å². The van der Waals surface area contributed by atoms with Crippen LogP contribution in [0.15, 0.2) is 24.3 Å². The predicted molar refractivity (Wildman–Crippen MR) is 104 cm³/mol. The van der Waals surface area contributed by atoms with Crippen LogP contribution in [-0.2, 0) is 16.8 Å². The maximum Gasteiger partial charge on any atom is 0.243 e. The second-order valence-electron chi connectivity index (χ2n) is 6.72. The number of nitrogens with one attached hydrogen (secondary N) is 1. The Labute approximate surface area is 156 Å². The summed E-state index contributed by atoms with van der Waals surface area (Å²) in [6.45, 7) is 7.87. The monoisotopic (exact) mass is 372 g/mol. The number of nitrogens with zero attached hydrogens (tertiary/aromatic N) is 4. The van der Waals surface area contributed by atoms with Crippen LogP contribution in [-0.4, -0.2) is 25.7 Å². The van der Waals surface area contributed by atoms with Crippen molar-refractivity contribution in [1.29, 1.82) is 0 Å². The van der Waals surface area contributed by atoms with Gasteiger partial charge < -0.3 is 15.6 Å². The summed E-state index contributed by atoms with van der Waals surface area (Å²) in [7, 11) is 0. The Bertz CT molecular complexity index is 929. The highest BCUT2D eigenvalue weighted by Crippen LogP contribution is 2.28. The second-order valence-corrected chi connectivity index (χ2v) is 7.73. The van der Waals surface area contributed by atoms with E-state index in [1.54, 1.807) is 0 Å². The van der Waals surface area contributed by atoms with Crippen LogP contribution >= 0.6 is 11.3 Å². The fourth-order valence-electron chi connectivity index (χ4n) is 3.11. The molecule has 1 amide bonds. The Morgan fingerprint density at radius 2 is 2.04 bits per heavy atom. The fraction of sp³-hybridized carbons (Fsp3) is 0.444. The molecule has 2 heterocycles. The lowest BCUT2D eigenvalue weighted by Crippen LogP contribution is -2.44. The molecule has 26 heavy (non-hydrogen) atoms. The van der Waals surface area contributed by atoms with Crippen LogP contribution in [0.5, 0.6) is 0 Å². The lowest BCUT2D eigenvalue weighted by Gasteiger charge is -2.27. The van der Waals surface area contributed by atoms with Gasteiger partial charge in [0.25, 0.3) is 0 Å². The van der Waals surface area contributed by atoms with E-state index in [9.17, 15) is 4.79 Å². The SMILES string of the molecule is CCc1nc2ccccc2n1C(CC)C(=O)NC(C)(C)c1nnc(N)s1. The third-order valence-corrected chi connectivity index (χ3v) is 5.47. The molecule has 0 fully saturated rings. The number of carbonyl (C=O) groups excluding carboxylic acids is 1. The summed E-state index contributed by atoms with van der Waals surface area (Å²) in [4.78, 5) is 17.8. The normalized spacial score (nSPS) is 13.1. The molecular formula is C18H24N6OS. The summed E-state index contributed by atoms with van der Waals surface area (Å²) in [5.41, 5.74) is 6.92. The first-order valence-electron chi connectivity index (χ1n) is 8.74. The number of fused-ring (bicyclic) bond motifs is 1. The Balaban J connectivity index is 1.95. The first-order valence-corrected chi connectivity index (χ1v) is 9.56. The third kappa shape index (κ3) is 3.29. The van der Waals surface area contributed by atoms with E-state index < -0.39 is 5.54 Å². The average Bonchev–Trinajstić information content (AvgIpc) is 3.20. The van der Waals surface area contributed by atoms with Crippen molar-refractivity contribution in [2.75, 3.05) is 5.73 Å². The number of nitrogens with two attached hydrogens (primary N) is 1. The van der Waals surface area contributed by atoms with Crippen molar-refractivity contribution >= 4 is 33.4 Å². The third-order valence-electron chi connectivity index (χ3n) is 4.40. The van der Waals surface area contributed by atoms with Gasteiger partial charge in [0.2, 0.25) is 11.0 Å². The maximum atomic E-state index is 13.1. The summed E-state index contributed by atoms with van der Waals surface area (Å²) >= 11 is 1.29. The summed E-state index contributed by atoms with van der Waals surface area (Å²) < 4.78 is 2.05. The zero-order chi connectivity index (χ0) is 18.9. The van der Waals surface area contributed by atoms with Crippen LogP contribution in [0.1, 0.15) is 51.0 Å². The molecule has 1 unspecified atom stereocenters. The fourth-order valence-corrected chi connectivity index (χ4v) is 3.78. The van der Waals surface area contributed by atoms with Gasteiger partial charge in [0.1, 0.15) is 16.9 Å². The lowest BCUT2D eigenvalue weighted by molar-refractivity contribution is -0.126. The highest BCUT2D eigenvalue weighted by Gasteiger charge is 2.31. The van der Waals surface area contributed by atoms with Gasteiger partial charge in [-0.2, -0.15) is 0 Å². The minimum atomic E-state index is -0.650. The van der Waals surface area contributed by atoms with Gasteiger partial charge in [-0.15, -0.1) is 10.2 Å².